The van der Waals surface area contributed by atoms with Gasteiger partial charge >= 0.3 is 5.97 Å². The van der Waals surface area contributed by atoms with Crippen LogP contribution in [0.15, 0.2) is 48.7 Å². The number of esters is 1. The number of rotatable bonds is 5. The van der Waals surface area contributed by atoms with Gasteiger partial charge in [0.2, 0.25) is 0 Å². The Hall–Kier alpha value is -2.79. The first-order valence-electron chi connectivity index (χ1n) is 7.31. The zero-order valence-corrected chi connectivity index (χ0v) is 13.7. The Morgan fingerprint density at radius 1 is 1.21 bits per heavy atom. The summed E-state index contributed by atoms with van der Waals surface area (Å²) in [4.78, 5) is 27.1. The van der Waals surface area contributed by atoms with E-state index in [1.165, 1.54) is 7.11 Å². The van der Waals surface area contributed by atoms with Gasteiger partial charge in [-0.15, -0.1) is 0 Å². The fraction of sp³-hybridized carbons (Fsp3) is 0.111. The molecule has 0 radical (unpaired) electrons. The highest BCUT2D eigenvalue weighted by Gasteiger charge is 2.13. The van der Waals surface area contributed by atoms with E-state index in [2.05, 4.69) is 15.0 Å². The molecule has 3 aromatic rings. The number of fused-ring (bicyclic) bond motifs is 1. The molecule has 0 bridgehead atoms. The number of aromatic amines is 1. The second kappa shape index (κ2) is 6.76. The van der Waals surface area contributed by atoms with E-state index in [0.29, 0.717) is 21.8 Å². The number of H-pyrrole nitrogens is 1. The van der Waals surface area contributed by atoms with Crippen LogP contribution in [0.4, 0.5) is 5.69 Å². The molecule has 3 rings (SSSR count). The molecule has 2 N–H and O–H groups in total. The fourth-order valence-corrected chi connectivity index (χ4v) is 2.66. The van der Waals surface area contributed by atoms with Crippen LogP contribution in [0.3, 0.4) is 0 Å². The van der Waals surface area contributed by atoms with Crippen LogP contribution in [0.1, 0.15) is 20.7 Å². The van der Waals surface area contributed by atoms with Gasteiger partial charge in [0.05, 0.1) is 29.9 Å². The highest BCUT2D eigenvalue weighted by atomic mass is 35.5. The van der Waals surface area contributed by atoms with Crippen molar-refractivity contribution in [3.8, 4) is 0 Å². The van der Waals surface area contributed by atoms with Gasteiger partial charge in [0, 0.05) is 22.7 Å². The Kier molecular flexibility index (Phi) is 4.53. The number of aromatic nitrogens is 1. The third-order valence-electron chi connectivity index (χ3n) is 3.72. The molecule has 0 atom stereocenters. The maximum atomic E-state index is 12.5. The van der Waals surface area contributed by atoms with E-state index in [4.69, 9.17) is 11.6 Å². The molecule has 0 spiro atoms. The lowest BCUT2D eigenvalue weighted by atomic mass is 10.1. The van der Waals surface area contributed by atoms with Gasteiger partial charge in [-0.2, -0.15) is 0 Å². The van der Waals surface area contributed by atoms with Crippen molar-refractivity contribution in [3.63, 3.8) is 0 Å². The number of hydrogen-bond acceptors (Lipinski definition) is 4. The molecular weight excluding hydrogens is 328 g/mol. The number of benzene rings is 2. The first-order chi connectivity index (χ1) is 11.6. The van der Waals surface area contributed by atoms with Crippen LogP contribution in [-0.4, -0.2) is 30.4 Å². The summed E-state index contributed by atoms with van der Waals surface area (Å²) in [5.41, 5.74) is 2.39. The summed E-state index contributed by atoms with van der Waals surface area (Å²) in [6, 6.07) is 12.3. The minimum absolute atomic E-state index is 0.0617. The summed E-state index contributed by atoms with van der Waals surface area (Å²) >= 11 is 6.12. The van der Waals surface area contributed by atoms with E-state index in [1.54, 1.807) is 24.4 Å². The van der Waals surface area contributed by atoms with Crippen molar-refractivity contribution in [3.05, 3.63) is 64.8 Å². The second-order valence-corrected chi connectivity index (χ2v) is 5.62. The number of nitrogens with one attached hydrogen (secondary N) is 2. The molecular formula is C18H15ClN2O3. The lowest BCUT2D eigenvalue weighted by Crippen LogP contribution is -2.14. The smallest absolute Gasteiger partial charge is 0.337 e. The van der Waals surface area contributed by atoms with Crippen molar-refractivity contribution in [2.24, 2.45) is 0 Å². The molecule has 0 amide bonds. The van der Waals surface area contributed by atoms with E-state index >= 15 is 0 Å². The van der Waals surface area contributed by atoms with Gasteiger partial charge in [0.15, 0.2) is 5.78 Å². The zero-order valence-electron chi connectivity index (χ0n) is 12.9. The Balaban J connectivity index is 1.78. The second-order valence-electron chi connectivity index (χ2n) is 5.21. The minimum atomic E-state index is -0.460. The van der Waals surface area contributed by atoms with E-state index in [0.717, 1.165) is 10.9 Å². The number of hydrogen-bond donors (Lipinski definition) is 2. The Morgan fingerprint density at radius 2 is 2.00 bits per heavy atom. The van der Waals surface area contributed by atoms with Crippen LogP contribution in [0.5, 0.6) is 0 Å². The molecule has 0 fully saturated rings. The molecule has 0 saturated heterocycles. The normalized spacial score (nSPS) is 10.6. The number of ketones is 1. The molecule has 1 heterocycles. The number of anilines is 1. The number of halogens is 1. The first-order valence-corrected chi connectivity index (χ1v) is 7.69. The number of para-hydroxylation sites is 1. The molecule has 1 aromatic heterocycles. The summed E-state index contributed by atoms with van der Waals surface area (Å²) in [6.07, 6.45) is 1.70. The number of ether oxygens (including phenoxy) is 1. The SMILES string of the molecule is COC(=O)c1ccc(Cl)c(NCC(=O)c2c[nH]c3ccccc23)c1. The third-order valence-corrected chi connectivity index (χ3v) is 4.05. The number of Topliss-reactive ketones (excluding diaryl/α,β-unsaturated/α-hetero) is 1. The lowest BCUT2D eigenvalue weighted by Gasteiger charge is -2.09. The van der Waals surface area contributed by atoms with Crippen LogP contribution >= 0.6 is 11.6 Å². The van der Waals surface area contributed by atoms with Gasteiger partial charge in [-0.3, -0.25) is 4.79 Å². The zero-order chi connectivity index (χ0) is 17.1. The predicted octanol–water partition coefficient (Wildman–Crippen LogP) is 3.90. The van der Waals surface area contributed by atoms with Crippen LogP contribution in [0.25, 0.3) is 10.9 Å². The Morgan fingerprint density at radius 3 is 2.79 bits per heavy atom. The van der Waals surface area contributed by atoms with Crippen molar-refractivity contribution in [1.29, 1.82) is 0 Å². The monoisotopic (exact) mass is 342 g/mol. The van der Waals surface area contributed by atoms with Crippen molar-refractivity contribution < 1.29 is 14.3 Å². The third kappa shape index (κ3) is 3.12. The highest BCUT2D eigenvalue weighted by molar-refractivity contribution is 6.33. The minimum Gasteiger partial charge on any atom is -0.465 e. The van der Waals surface area contributed by atoms with Gasteiger partial charge in [-0.1, -0.05) is 29.8 Å². The molecule has 5 nitrogen and oxygen atoms in total. The molecule has 122 valence electrons. The van der Waals surface area contributed by atoms with Crippen LogP contribution in [0, 0.1) is 0 Å². The standard InChI is InChI=1S/C18H15ClN2O3/c1-24-18(23)11-6-7-14(19)16(8-11)21-10-17(22)13-9-20-15-5-3-2-4-12(13)15/h2-9,20-21H,10H2,1H3. The van der Waals surface area contributed by atoms with Crippen LogP contribution in [-0.2, 0) is 4.74 Å². The largest absolute Gasteiger partial charge is 0.465 e. The number of methoxy groups -OCH3 is 1. The van der Waals surface area contributed by atoms with E-state index in [1.807, 2.05) is 24.3 Å². The summed E-state index contributed by atoms with van der Waals surface area (Å²) in [6.45, 7) is 0.0617. The molecule has 0 aliphatic heterocycles. The topological polar surface area (TPSA) is 71.2 Å². The molecule has 24 heavy (non-hydrogen) atoms. The Bertz CT molecular complexity index is 918. The molecule has 6 heteroatoms. The van der Waals surface area contributed by atoms with Gasteiger partial charge in [-0.05, 0) is 24.3 Å². The van der Waals surface area contributed by atoms with Gasteiger partial charge in [-0.25, -0.2) is 4.79 Å². The molecule has 0 aliphatic rings. The number of carbonyl (C=O) groups excluding carboxylic acids is 2. The summed E-state index contributed by atoms with van der Waals surface area (Å²) < 4.78 is 4.68. The maximum Gasteiger partial charge on any atom is 0.337 e. The van der Waals surface area contributed by atoms with Crippen molar-refractivity contribution in [2.75, 3.05) is 19.0 Å². The summed E-state index contributed by atoms with van der Waals surface area (Å²) in [5, 5.41) is 4.28. The highest BCUT2D eigenvalue weighted by Crippen LogP contribution is 2.24. The first kappa shape index (κ1) is 16.1. The van der Waals surface area contributed by atoms with E-state index in [9.17, 15) is 9.59 Å². The summed E-state index contributed by atoms with van der Waals surface area (Å²) in [7, 11) is 1.31. The van der Waals surface area contributed by atoms with E-state index < -0.39 is 5.97 Å². The van der Waals surface area contributed by atoms with E-state index in [-0.39, 0.29) is 12.3 Å². The predicted molar refractivity (Wildman–Crippen MR) is 93.9 cm³/mol. The molecule has 2 aromatic carbocycles. The van der Waals surface area contributed by atoms with Crippen molar-refractivity contribution in [1.82, 2.24) is 4.98 Å². The maximum absolute atomic E-state index is 12.5. The molecule has 0 saturated carbocycles. The average molecular weight is 343 g/mol. The summed E-state index contributed by atoms with van der Waals surface area (Å²) in [5.74, 6) is -0.537. The quantitative estimate of drug-likeness (QED) is 0.545. The molecule has 0 unspecified atom stereocenters. The van der Waals surface area contributed by atoms with Crippen LogP contribution < -0.4 is 5.32 Å². The van der Waals surface area contributed by atoms with Gasteiger partial charge < -0.3 is 15.0 Å². The fourth-order valence-electron chi connectivity index (χ4n) is 2.48. The van der Waals surface area contributed by atoms with Crippen molar-refractivity contribution >= 4 is 39.9 Å². The van der Waals surface area contributed by atoms with Gasteiger partial charge in [0.25, 0.3) is 0 Å². The Labute approximate surface area is 143 Å². The number of carbonyl (C=O) groups is 2. The van der Waals surface area contributed by atoms with Gasteiger partial charge in [0.1, 0.15) is 0 Å². The lowest BCUT2D eigenvalue weighted by molar-refractivity contribution is 0.0600. The average Bonchev–Trinajstić information content (AvgIpc) is 3.04. The van der Waals surface area contributed by atoms with Crippen molar-refractivity contribution in [2.45, 2.75) is 0 Å². The molecule has 0 aliphatic carbocycles. The van der Waals surface area contributed by atoms with Crippen LogP contribution in [0.2, 0.25) is 5.02 Å².